The zero-order valence-electron chi connectivity index (χ0n) is 10.5. The lowest BCUT2D eigenvalue weighted by Gasteiger charge is -2.26. The van der Waals surface area contributed by atoms with Crippen LogP contribution in [0.4, 0.5) is 17.3 Å². The van der Waals surface area contributed by atoms with Gasteiger partial charge >= 0.3 is 5.69 Å². The van der Waals surface area contributed by atoms with Crippen LogP contribution in [-0.4, -0.2) is 33.1 Å². The molecule has 8 heteroatoms. The van der Waals surface area contributed by atoms with Crippen molar-refractivity contribution in [1.29, 1.82) is 0 Å². The number of nitrogens with zero attached hydrogens (tertiary/aromatic N) is 3. The molecular formula is C11H17N5O3. The van der Waals surface area contributed by atoms with Crippen LogP contribution in [0, 0.1) is 15.5 Å². The number of nitrogen functional groups attached to an aromatic ring is 1. The lowest BCUT2D eigenvalue weighted by atomic mass is 9.87. The van der Waals surface area contributed by atoms with E-state index in [-0.39, 0.29) is 29.3 Å². The van der Waals surface area contributed by atoms with Crippen LogP contribution in [0.2, 0.25) is 0 Å². The topological polar surface area (TPSA) is 127 Å². The lowest BCUT2D eigenvalue weighted by molar-refractivity contribution is -0.383. The number of aromatic nitrogens is 2. The Kier molecular flexibility index (Phi) is 3.79. The summed E-state index contributed by atoms with van der Waals surface area (Å²) in [6.45, 7) is 0.509. The minimum atomic E-state index is -0.599. The molecule has 1 aromatic rings. The summed E-state index contributed by atoms with van der Waals surface area (Å²) in [5.74, 6) is -0.0517. The van der Waals surface area contributed by atoms with E-state index in [1.54, 1.807) is 0 Å². The van der Waals surface area contributed by atoms with Gasteiger partial charge in [-0.3, -0.25) is 10.1 Å². The summed E-state index contributed by atoms with van der Waals surface area (Å²) in [5.41, 5.74) is 4.96. The standard InChI is InChI=1S/C11H17N5O3/c12-9-8(16(18)19)10(15-7-14-9)13-5-11(6-17)3-1-2-4-11/h7,17H,1-6H2,(H3,12,13,14,15). The first-order valence-corrected chi connectivity index (χ1v) is 6.18. The predicted octanol–water partition coefficient (Wildman–Crippen LogP) is 0.932. The normalized spacial score (nSPS) is 17.3. The molecule has 2 rings (SSSR count). The maximum Gasteiger partial charge on any atom is 0.352 e. The monoisotopic (exact) mass is 267 g/mol. The molecule has 1 aliphatic rings. The number of aliphatic hydroxyl groups is 1. The highest BCUT2D eigenvalue weighted by Crippen LogP contribution is 2.38. The zero-order valence-corrected chi connectivity index (χ0v) is 10.5. The molecule has 0 spiro atoms. The lowest BCUT2D eigenvalue weighted by Crippen LogP contribution is -2.31. The fraction of sp³-hybridized carbons (Fsp3) is 0.636. The number of rotatable bonds is 5. The van der Waals surface area contributed by atoms with E-state index in [0.717, 1.165) is 25.7 Å². The van der Waals surface area contributed by atoms with E-state index in [4.69, 9.17) is 5.73 Å². The van der Waals surface area contributed by atoms with Crippen LogP contribution in [0.3, 0.4) is 0 Å². The van der Waals surface area contributed by atoms with E-state index >= 15 is 0 Å². The average molecular weight is 267 g/mol. The molecule has 4 N–H and O–H groups in total. The average Bonchev–Trinajstić information content (AvgIpc) is 2.85. The highest BCUT2D eigenvalue weighted by atomic mass is 16.6. The molecule has 19 heavy (non-hydrogen) atoms. The molecule has 0 aliphatic heterocycles. The number of anilines is 2. The fourth-order valence-corrected chi connectivity index (χ4v) is 2.49. The predicted molar refractivity (Wildman–Crippen MR) is 69.6 cm³/mol. The van der Waals surface area contributed by atoms with E-state index in [1.807, 2.05) is 0 Å². The van der Waals surface area contributed by atoms with Gasteiger partial charge in [0.2, 0.25) is 11.6 Å². The number of nitro groups is 1. The number of nitrogens with one attached hydrogen (secondary N) is 1. The quantitative estimate of drug-likeness (QED) is 0.534. The molecule has 0 amide bonds. The van der Waals surface area contributed by atoms with Crippen molar-refractivity contribution in [3.8, 4) is 0 Å². The molecule has 1 fully saturated rings. The first-order valence-electron chi connectivity index (χ1n) is 6.18. The van der Waals surface area contributed by atoms with Crippen molar-refractivity contribution < 1.29 is 10.0 Å². The van der Waals surface area contributed by atoms with Crippen molar-refractivity contribution in [2.24, 2.45) is 5.41 Å². The Morgan fingerprint density at radius 2 is 2.16 bits per heavy atom. The van der Waals surface area contributed by atoms with E-state index in [0.29, 0.717) is 6.54 Å². The van der Waals surface area contributed by atoms with Gasteiger partial charge in [0.25, 0.3) is 0 Å². The van der Waals surface area contributed by atoms with E-state index < -0.39 is 4.92 Å². The third-order valence-electron chi connectivity index (χ3n) is 3.66. The maximum atomic E-state index is 10.9. The van der Waals surface area contributed by atoms with Crippen molar-refractivity contribution in [3.05, 3.63) is 16.4 Å². The summed E-state index contributed by atoms with van der Waals surface area (Å²) >= 11 is 0. The second-order valence-corrected chi connectivity index (χ2v) is 4.93. The van der Waals surface area contributed by atoms with Gasteiger partial charge < -0.3 is 16.2 Å². The molecule has 0 atom stereocenters. The Morgan fingerprint density at radius 1 is 1.47 bits per heavy atom. The molecule has 1 saturated carbocycles. The largest absolute Gasteiger partial charge is 0.396 e. The van der Waals surface area contributed by atoms with Gasteiger partial charge in [0.1, 0.15) is 6.33 Å². The van der Waals surface area contributed by atoms with Crippen molar-refractivity contribution in [1.82, 2.24) is 9.97 Å². The molecule has 0 unspecified atom stereocenters. The van der Waals surface area contributed by atoms with E-state index in [2.05, 4.69) is 15.3 Å². The van der Waals surface area contributed by atoms with Gasteiger partial charge in [-0.15, -0.1) is 0 Å². The van der Waals surface area contributed by atoms with Gasteiger partial charge in [-0.25, -0.2) is 9.97 Å². The summed E-state index contributed by atoms with van der Waals surface area (Å²) in [7, 11) is 0. The number of hydrogen-bond acceptors (Lipinski definition) is 7. The Balaban J connectivity index is 2.15. The summed E-state index contributed by atoms with van der Waals surface area (Å²) < 4.78 is 0. The van der Waals surface area contributed by atoms with Crippen LogP contribution < -0.4 is 11.1 Å². The van der Waals surface area contributed by atoms with Gasteiger partial charge in [-0.2, -0.15) is 0 Å². The first kappa shape index (κ1) is 13.5. The summed E-state index contributed by atoms with van der Waals surface area (Å²) in [6.07, 6.45) is 5.13. The maximum absolute atomic E-state index is 10.9. The van der Waals surface area contributed by atoms with Crippen molar-refractivity contribution in [2.75, 3.05) is 24.2 Å². The SMILES string of the molecule is Nc1ncnc(NCC2(CO)CCCC2)c1[N+](=O)[O-]. The molecule has 0 radical (unpaired) electrons. The molecule has 1 aliphatic carbocycles. The molecule has 0 saturated heterocycles. The van der Waals surface area contributed by atoms with Crippen LogP contribution in [0.5, 0.6) is 0 Å². The van der Waals surface area contributed by atoms with Gasteiger partial charge in [0.05, 0.1) is 11.5 Å². The zero-order chi connectivity index (χ0) is 13.9. The third kappa shape index (κ3) is 2.73. The Labute approximate surface area is 110 Å². The van der Waals surface area contributed by atoms with E-state index in [9.17, 15) is 15.2 Å². The molecule has 8 nitrogen and oxygen atoms in total. The third-order valence-corrected chi connectivity index (χ3v) is 3.66. The smallest absolute Gasteiger partial charge is 0.352 e. The Morgan fingerprint density at radius 3 is 2.74 bits per heavy atom. The first-order chi connectivity index (χ1) is 9.08. The minimum absolute atomic E-state index is 0.0639. The van der Waals surface area contributed by atoms with E-state index in [1.165, 1.54) is 6.33 Å². The molecule has 1 heterocycles. The van der Waals surface area contributed by atoms with Crippen LogP contribution >= 0.6 is 0 Å². The second-order valence-electron chi connectivity index (χ2n) is 4.93. The van der Waals surface area contributed by atoms with Gasteiger partial charge in [0.15, 0.2) is 0 Å². The molecule has 0 bridgehead atoms. The molecule has 1 aromatic heterocycles. The number of nitrogens with two attached hydrogens (primary N) is 1. The van der Waals surface area contributed by atoms with Gasteiger partial charge in [-0.1, -0.05) is 12.8 Å². The number of hydrogen-bond donors (Lipinski definition) is 3. The van der Waals surface area contributed by atoms with Crippen molar-refractivity contribution in [2.45, 2.75) is 25.7 Å². The van der Waals surface area contributed by atoms with Gasteiger partial charge in [-0.05, 0) is 12.8 Å². The molecule has 0 aromatic carbocycles. The minimum Gasteiger partial charge on any atom is -0.396 e. The van der Waals surface area contributed by atoms with Crippen LogP contribution in [-0.2, 0) is 0 Å². The number of aliphatic hydroxyl groups excluding tert-OH is 1. The van der Waals surface area contributed by atoms with Crippen LogP contribution in [0.15, 0.2) is 6.33 Å². The summed E-state index contributed by atoms with van der Waals surface area (Å²) in [4.78, 5) is 17.8. The molecule has 104 valence electrons. The second kappa shape index (κ2) is 5.35. The Bertz CT molecular complexity index is 473. The van der Waals surface area contributed by atoms with Crippen LogP contribution in [0.1, 0.15) is 25.7 Å². The molecular weight excluding hydrogens is 250 g/mol. The summed E-state index contributed by atoms with van der Waals surface area (Å²) in [6, 6.07) is 0. The van der Waals surface area contributed by atoms with Crippen molar-refractivity contribution in [3.63, 3.8) is 0 Å². The highest BCUT2D eigenvalue weighted by molar-refractivity contribution is 5.67. The fourth-order valence-electron chi connectivity index (χ4n) is 2.49. The van der Waals surface area contributed by atoms with Crippen molar-refractivity contribution >= 4 is 17.3 Å². The van der Waals surface area contributed by atoms with Gasteiger partial charge in [0, 0.05) is 12.0 Å². The van der Waals surface area contributed by atoms with Crippen LogP contribution in [0.25, 0.3) is 0 Å². The summed E-state index contributed by atoms with van der Waals surface area (Å²) in [5, 5.41) is 23.4. The highest BCUT2D eigenvalue weighted by Gasteiger charge is 2.34. The Hall–Kier alpha value is -1.96.